The van der Waals surface area contributed by atoms with Gasteiger partial charge in [0.1, 0.15) is 12.4 Å². The highest BCUT2D eigenvalue weighted by Crippen LogP contribution is 2.33. The van der Waals surface area contributed by atoms with E-state index in [-0.39, 0.29) is 17.2 Å². The second-order valence-corrected chi connectivity index (χ2v) is 5.58. The van der Waals surface area contributed by atoms with E-state index < -0.39 is 5.97 Å². The Hall–Kier alpha value is -1.23. The van der Waals surface area contributed by atoms with Gasteiger partial charge in [-0.25, -0.2) is 4.79 Å². The number of benzene rings is 1. The van der Waals surface area contributed by atoms with Gasteiger partial charge in [-0.15, -0.1) is 11.3 Å². The van der Waals surface area contributed by atoms with Crippen LogP contribution in [0.1, 0.15) is 15.2 Å². The smallest absolute Gasteiger partial charge is 0.349 e. The van der Waals surface area contributed by atoms with E-state index in [1.807, 2.05) is 12.1 Å². The van der Waals surface area contributed by atoms with E-state index in [0.29, 0.717) is 9.36 Å². The maximum absolute atomic E-state index is 10.9. The first-order valence-electron chi connectivity index (χ1n) is 4.96. The second kappa shape index (κ2) is 5.61. The number of carboxylic acid groups (broad SMARTS) is 1. The molecule has 1 heterocycles. The van der Waals surface area contributed by atoms with Crippen molar-refractivity contribution in [2.24, 2.45) is 0 Å². The van der Waals surface area contributed by atoms with Gasteiger partial charge in [0.25, 0.3) is 0 Å². The van der Waals surface area contributed by atoms with E-state index in [0.717, 1.165) is 16.9 Å². The number of rotatable bonds is 4. The molecule has 2 aromatic rings. The molecule has 0 saturated heterocycles. The lowest BCUT2D eigenvalue weighted by atomic mass is 10.2. The Bertz CT molecular complexity index is 563. The summed E-state index contributed by atoms with van der Waals surface area (Å²) in [5, 5.41) is 9.61. The summed E-state index contributed by atoms with van der Waals surface area (Å²) in [5.41, 5.74) is 0.901. The molecule has 0 bridgehead atoms. The van der Waals surface area contributed by atoms with Crippen LogP contribution in [-0.2, 0) is 6.61 Å². The molecule has 1 N–H and O–H groups in total. The number of aromatic carboxylic acids is 1. The standard InChI is InChI=1S/C12H8Cl2O3S/c13-8-3-1-7(2-4-8)6-17-9-5-10(14)18-11(9)12(15)16/h1-5H,6H2,(H,15,16). The molecule has 6 heteroatoms. The zero-order chi connectivity index (χ0) is 13.1. The van der Waals surface area contributed by atoms with Gasteiger partial charge >= 0.3 is 5.97 Å². The van der Waals surface area contributed by atoms with Crippen LogP contribution in [0.25, 0.3) is 0 Å². The fourth-order valence-electron chi connectivity index (χ4n) is 1.34. The fraction of sp³-hybridized carbons (Fsp3) is 0.0833. The van der Waals surface area contributed by atoms with E-state index in [1.54, 1.807) is 12.1 Å². The third-order valence-electron chi connectivity index (χ3n) is 2.17. The third-order valence-corrected chi connectivity index (χ3v) is 3.66. The third kappa shape index (κ3) is 3.16. The van der Waals surface area contributed by atoms with Crippen LogP contribution in [0.2, 0.25) is 9.36 Å². The summed E-state index contributed by atoms with van der Waals surface area (Å²) < 4.78 is 5.83. The van der Waals surface area contributed by atoms with Gasteiger partial charge in [-0.2, -0.15) is 0 Å². The molecule has 0 spiro atoms. The maximum Gasteiger partial charge on any atom is 0.349 e. The van der Waals surface area contributed by atoms with Crippen LogP contribution in [0.4, 0.5) is 0 Å². The van der Waals surface area contributed by atoms with Crippen molar-refractivity contribution in [3.05, 3.63) is 50.1 Å². The molecule has 0 radical (unpaired) electrons. The van der Waals surface area contributed by atoms with Crippen molar-refractivity contribution < 1.29 is 14.6 Å². The van der Waals surface area contributed by atoms with Gasteiger partial charge < -0.3 is 9.84 Å². The summed E-state index contributed by atoms with van der Waals surface area (Å²) in [6.07, 6.45) is 0. The van der Waals surface area contributed by atoms with E-state index in [2.05, 4.69) is 0 Å². The van der Waals surface area contributed by atoms with E-state index in [4.69, 9.17) is 33.0 Å². The predicted molar refractivity (Wildman–Crippen MR) is 72.1 cm³/mol. The normalized spacial score (nSPS) is 10.3. The van der Waals surface area contributed by atoms with E-state index >= 15 is 0 Å². The largest absolute Gasteiger partial charge is 0.487 e. The van der Waals surface area contributed by atoms with Gasteiger partial charge in [-0.1, -0.05) is 35.3 Å². The number of ether oxygens (including phenoxy) is 1. The molecule has 0 aliphatic heterocycles. The molecule has 0 fully saturated rings. The molecule has 2 rings (SSSR count). The molecular weight excluding hydrogens is 295 g/mol. The van der Waals surface area contributed by atoms with Crippen LogP contribution < -0.4 is 4.74 Å². The molecule has 0 aliphatic carbocycles. The monoisotopic (exact) mass is 302 g/mol. The first-order chi connectivity index (χ1) is 8.56. The molecule has 0 atom stereocenters. The summed E-state index contributed by atoms with van der Waals surface area (Å²) in [5.74, 6) is -0.759. The first kappa shape index (κ1) is 13.2. The first-order valence-corrected chi connectivity index (χ1v) is 6.53. The summed E-state index contributed by atoms with van der Waals surface area (Å²) in [4.78, 5) is 11.1. The van der Waals surface area contributed by atoms with Gasteiger partial charge in [0.2, 0.25) is 0 Å². The van der Waals surface area contributed by atoms with Gasteiger partial charge in [-0.3, -0.25) is 0 Å². The zero-order valence-corrected chi connectivity index (χ0v) is 11.4. The Balaban J connectivity index is 2.10. The molecule has 0 saturated carbocycles. The zero-order valence-electron chi connectivity index (χ0n) is 9.02. The number of hydrogen-bond donors (Lipinski definition) is 1. The van der Waals surface area contributed by atoms with Gasteiger partial charge in [0.15, 0.2) is 4.88 Å². The van der Waals surface area contributed by atoms with Crippen molar-refractivity contribution >= 4 is 40.5 Å². The van der Waals surface area contributed by atoms with Gasteiger partial charge in [0, 0.05) is 11.1 Å². The predicted octanol–water partition coefficient (Wildman–Crippen LogP) is 4.33. The summed E-state index contributed by atoms with van der Waals surface area (Å²) in [6.45, 7) is 0.268. The highest BCUT2D eigenvalue weighted by molar-refractivity contribution is 7.18. The minimum absolute atomic E-state index is 0.106. The Morgan fingerprint density at radius 2 is 1.94 bits per heavy atom. The molecular formula is C12H8Cl2O3S. The highest BCUT2D eigenvalue weighted by atomic mass is 35.5. The van der Waals surface area contributed by atoms with Crippen LogP contribution in [0.5, 0.6) is 5.75 Å². The number of halogens is 2. The number of carbonyl (C=O) groups is 1. The van der Waals surface area contributed by atoms with Crippen molar-refractivity contribution in [2.45, 2.75) is 6.61 Å². The van der Waals surface area contributed by atoms with Crippen molar-refractivity contribution in [3.8, 4) is 5.75 Å². The lowest BCUT2D eigenvalue weighted by Crippen LogP contribution is -1.99. The van der Waals surface area contributed by atoms with E-state index in [1.165, 1.54) is 6.07 Å². The summed E-state index contributed by atoms with van der Waals surface area (Å²) in [7, 11) is 0. The number of thiophene rings is 1. The quantitative estimate of drug-likeness (QED) is 0.914. The average Bonchev–Trinajstić information content (AvgIpc) is 2.70. The minimum atomic E-state index is -1.04. The Morgan fingerprint density at radius 3 is 2.56 bits per heavy atom. The van der Waals surface area contributed by atoms with Crippen LogP contribution in [-0.4, -0.2) is 11.1 Å². The molecule has 1 aromatic heterocycles. The summed E-state index contributed by atoms with van der Waals surface area (Å²) in [6, 6.07) is 8.64. The Morgan fingerprint density at radius 1 is 1.28 bits per heavy atom. The molecule has 94 valence electrons. The SMILES string of the molecule is O=C(O)c1sc(Cl)cc1OCc1ccc(Cl)cc1. The van der Waals surface area contributed by atoms with Crippen LogP contribution in [0.3, 0.4) is 0 Å². The Labute approximate surface area is 118 Å². The van der Waals surface area contributed by atoms with Crippen molar-refractivity contribution in [1.82, 2.24) is 0 Å². The molecule has 0 aliphatic rings. The molecule has 1 aromatic carbocycles. The molecule has 18 heavy (non-hydrogen) atoms. The Kier molecular flexibility index (Phi) is 4.11. The van der Waals surface area contributed by atoms with Crippen LogP contribution in [0.15, 0.2) is 30.3 Å². The summed E-state index contributed by atoms with van der Waals surface area (Å²) >= 11 is 12.5. The van der Waals surface area contributed by atoms with Gasteiger partial charge in [0.05, 0.1) is 4.34 Å². The van der Waals surface area contributed by atoms with Crippen molar-refractivity contribution in [2.75, 3.05) is 0 Å². The topological polar surface area (TPSA) is 46.5 Å². The minimum Gasteiger partial charge on any atom is -0.487 e. The van der Waals surface area contributed by atoms with E-state index in [9.17, 15) is 4.79 Å². The maximum atomic E-state index is 10.9. The number of hydrogen-bond acceptors (Lipinski definition) is 3. The second-order valence-electron chi connectivity index (χ2n) is 3.46. The van der Waals surface area contributed by atoms with Crippen molar-refractivity contribution in [3.63, 3.8) is 0 Å². The molecule has 3 nitrogen and oxygen atoms in total. The number of carboxylic acids is 1. The van der Waals surface area contributed by atoms with Crippen LogP contribution in [0, 0.1) is 0 Å². The lowest BCUT2D eigenvalue weighted by Gasteiger charge is -2.05. The lowest BCUT2D eigenvalue weighted by molar-refractivity contribution is 0.0697. The average molecular weight is 303 g/mol. The van der Waals surface area contributed by atoms with Crippen LogP contribution >= 0.6 is 34.5 Å². The van der Waals surface area contributed by atoms with Gasteiger partial charge in [-0.05, 0) is 17.7 Å². The van der Waals surface area contributed by atoms with Crippen molar-refractivity contribution in [1.29, 1.82) is 0 Å². The molecule has 0 amide bonds. The fourth-order valence-corrected chi connectivity index (χ4v) is 2.47. The molecule has 0 unspecified atom stereocenters. The highest BCUT2D eigenvalue weighted by Gasteiger charge is 2.16.